The van der Waals surface area contributed by atoms with Crippen molar-refractivity contribution in [1.29, 1.82) is 0 Å². The normalized spacial score (nSPS) is 12.3. The monoisotopic (exact) mass is 581 g/mol. The first-order valence-corrected chi connectivity index (χ1v) is 13.6. The molecule has 2 unspecified atom stereocenters. The molecule has 0 aliphatic carbocycles. The van der Waals surface area contributed by atoms with E-state index in [1.54, 1.807) is 64.1 Å². The number of phenolic OH excluding ortho intramolecular Hbond substituents is 1. The standard InChI is InChI=1S/C31H39N3O8/c1-6-21-8-12-23(13-9-21)27(28(38)32-17-16-26(37)41-7-2)34(18-19-35)29(39)25(33-30(40)42-31(3,4)5)20-22-10-14-24(36)15-11-22/h1,8-15,25,27,35-36H,7,16-20H2,2-5H3,(H,32,38)(H,33,40). The van der Waals surface area contributed by atoms with Gasteiger partial charge < -0.3 is 35.2 Å². The van der Waals surface area contributed by atoms with E-state index in [2.05, 4.69) is 16.6 Å². The maximum Gasteiger partial charge on any atom is 0.408 e. The number of esters is 1. The lowest BCUT2D eigenvalue weighted by atomic mass is 9.99. The topological polar surface area (TPSA) is 154 Å². The van der Waals surface area contributed by atoms with E-state index in [1.165, 1.54) is 12.1 Å². The van der Waals surface area contributed by atoms with E-state index in [-0.39, 0.29) is 38.3 Å². The van der Waals surface area contributed by atoms with Crippen LogP contribution in [0.25, 0.3) is 0 Å². The van der Waals surface area contributed by atoms with Gasteiger partial charge in [0.1, 0.15) is 23.4 Å². The molecule has 0 bridgehead atoms. The molecule has 3 amide bonds. The smallest absolute Gasteiger partial charge is 0.408 e. The maximum absolute atomic E-state index is 14.1. The van der Waals surface area contributed by atoms with E-state index >= 15 is 0 Å². The molecule has 11 nitrogen and oxygen atoms in total. The summed E-state index contributed by atoms with van der Waals surface area (Å²) in [6, 6.07) is 10.0. The average molecular weight is 582 g/mol. The lowest BCUT2D eigenvalue weighted by molar-refractivity contribution is -0.144. The molecule has 0 radical (unpaired) electrons. The molecule has 226 valence electrons. The molecule has 0 aliphatic heterocycles. The predicted molar refractivity (Wildman–Crippen MR) is 155 cm³/mol. The van der Waals surface area contributed by atoms with Gasteiger partial charge in [-0.05, 0) is 63.1 Å². The zero-order chi connectivity index (χ0) is 31.3. The van der Waals surface area contributed by atoms with E-state index in [0.29, 0.717) is 16.7 Å². The van der Waals surface area contributed by atoms with Gasteiger partial charge in [-0.2, -0.15) is 0 Å². The molecular weight excluding hydrogens is 542 g/mol. The molecule has 0 saturated heterocycles. The number of phenols is 1. The van der Waals surface area contributed by atoms with Gasteiger partial charge in [0.25, 0.3) is 0 Å². The number of rotatable bonds is 13. The molecule has 11 heteroatoms. The molecule has 0 spiro atoms. The van der Waals surface area contributed by atoms with Gasteiger partial charge in [0.05, 0.1) is 19.6 Å². The lowest BCUT2D eigenvalue weighted by Crippen LogP contribution is -2.54. The highest BCUT2D eigenvalue weighted by atomic mass is 16.6. The number of terminal acetylenes is 1. The van der Waals surface area contributed by atoms with Crippen molar-refractivity contribution in [2.24, 2.45) is 0 Å². The number of aliphatic hydroxyl groups is 1. The number of nitrogens with one attached hydrogen (secondary N) is 2. The van der Waals surface area contributed by atoms with Gasteiger partial charge in [0.15, 0.2) is 0 Å². The summed E-state index contributed by atoms with van der Waals surface area (Å²) >= 11 is 0. The van der Waals surface area contributed by atoms with Crippen molar-refractivity contribution < 1.29 is 38.9 Å². The summed E-state index contributed by atoms with van der Waals surface area (Å²) in [6.07, 6.45) is 4.54. The molecule has 0 fully saturated rings. The van der Waals surface area contributed by atoms with Gasteiger partial charge in [-0.25, -0.2) is 4.79 Å². The van der Waals surface area contributed by atoms with Crippen LogP contribution in [0.1, 0.15) is 56.8 Å². The minimum Gasteiger partial charge on any atom is -0.508 e. The van der Waals surface area contributed by atoms with E-state index in [0.717, 1.165) is 4.90 Å². The number of nitrogens with zero attached hydrogens (tertiary/aromatic N) is 1. The predicted octanol–water partition coefficient (Wildman–Crippen LogP) is 2.44. The number of ether oxygens (including phenoxy) is 2. The fraction of sp³-hybridized carbons (Fsp3) is 0.419. The van der Waals surface area contributed by atoms with Gasteiger partial charge in [0.2, 0.25) is 11.8 Å². The van der Waals surface area contributed by atoms with E-state index in [9.17, 15) is 29.4 Å². The first kappa shape index (κ1) is 33.6. The Balaban J connectivity index is 2.48. The van der Waals surface area contributed by atoms with Crippen molar-refractivity contribution in [3.63, 3.8) is 0 Å². The Bertz CT molecular complexity index is 1250. The van der Waals surface area contributed by atoms with E-state index < -0.39 is 48.2 Å². The van der Waals surface area contributed by atoms with Crippen LogP contribution in [0.15, 0.2) is 48.5 Å². The number of amides is 3. The Morgan fingerprint density at radius 3 is 2.24 bits per heavy atom. The number of carbonyl (C=O) groups excluding carboxylic acids is 4. The summed E-state index contributed by atoms with van der Waals surface area (Å²) in [7, 11) is 0. The van der Waals surface area contributed by atoms with Crippen molar-refractivity contribution in [3.05, 3.63) is 65.2 Å². The summed E-state index contributed by atoms with van der Waals surface area (Å²) in [5.74, 6) is 0.741. The van der Waals surface area contributed by atoms with Crippen LogP contribution >= 0.6 is 0 Å². The SMILES string of the molecule is C#Cc1ccc(C(C(=O)NCCC(=O)OCC)N(CCO)C(=O)C(Cc2ccc(O)cc2)NC(=O)OC(C)(C)C)cc1. The quantitative estimate of drug-likeness (QED) is 0.208. The van der Waals surface area contributed by atoms with Crippen molar-refractivity contribution in [3.8, 4) is 18.1 Å². The van der Waals surface area contributed by atoms with Gasteiger partial charge in [0, 0.05) is 25.1 Å². The molecule has 0 aromatic heterocycles. The molecule has 0 saturated carbocycles. The number of aromatic hydroxyl groups is 1. The third-order valence-electron chi connectivity index (χ3n) is 5.88. The molecule has 2 aromatic rings. The van der Waals surface area contributed by atoms with Crippen molar-refractivity contribution in [1.82, 2.24) is 15.5 Å². The lowest BCUT2D eigenvalue weighted by Gasteiger charge is -2.34. The summed E-state index contributed by atoms with van der Waals surface area (Å²) in [5, 5.41) is 24.9. The Hall–Kier alpha value is -4.56. The summed E-state index contributed by atoms with van der Waals surface area (Å²) < 4.78 is 10.3. The third kappa shape index (κ3) is 10.8. The number of hydrogen-bond acceptors (Lipinski definition) is 8. The number of alkyl carbamates (subject to hydrolysis) is 1. The summed E-state index contributed by atoms with van der Waals surface area (Å²) in [6.45, 7) is 6.11. The number of aliphatic hydroxyl groups excluding tert-OH is 1. The molecule has 2 rings (SSSR count). The highest BCUT2D eigenvalue weighted by Crippen LogP contribution is 2.24. The highest BCUT2D eigenvalue weighted by Gasteiger charge is 2.36. The largest absolute Gasteiger partial charge is 0.508 e. The highest BCUT2D eigenvalue weighted by molar-refractivity contribution is 5.92. The Kier molecular flexibility index (Phi) is 12.8. The molecule has 2 atom stereocenters. The molecule has 0 heterocycles. The summed E-state index contributed by atoms with van der Waals surface area (Å²) in [4.78, 5) is 53.4. The van der Waals surface area contributed by atoms with Crippen molar-refractivity contribution in [2.45, 2.75) is 58.2 Å². The van der Waals surface area contributed by atoms with Gasteiger partial charge in [-0.15, -0.1) is 6.42 Å². The zero-order valence-corrected chi connectivity index (χ0v) is 24.4. The van der Waals surface area contributed by atoms with Crippen LogP contribution in [0, 0.1) is 12.3 Å². The maximum atomic E-state index is 14.1. The second-order valence-electron chi connectivity index (χ2n) is 10.3. The number of hydrogen-bond donors (Lipinski definition) is 4. The molecule has 42 heavy (non-hydrogen) atoms. The van der Waals surface area contributed by atoms with E-state index in [1.807, 2.05) is 0 Å². The van der Waals surface area contributed by atoms with Crippen LogP contribution < -0.4 is 10.6 Å². The van der Waals surface area contributed by atoms with Crippen LogP contribution in [0.5, 0.6) is 5.75 Å². The van der Waals surface area contributed by atoms with Gasteiger partial charge >= 0.3 is 12.1 Å². The van der Waals surface area contributed by atoms with Crippen molar-refractivity contribution >= 4 is 23.9 Å². The van der Waals surface area contributed by atoms with E-state index in [4.69, 9.17) is 15.9 Å². The molecular formula is C31H39N3O8. The zero-order valence-electron chi connectivity index (χ0n) is 24.4. The van der Waals surface area contributed by atoms with Gasteiger partial charge in [-0.1, -0.05) is 30.2 Å². The second kappa shape index (κ2) is 16.0. The molecule has 4 N–H and O–H groups in total. The number of benzene rings is 2. The van der Waals surface area contributed by atoms with Crippen molar-refractivity contribution in [2.75, 3.05) is 26.3 Å². The van der Waals surface area contributed by atoms with Crippen LogP contribution in [0.4, 0.5) is 4.79 Å². The first-order valence-electron chi connectivity index (χ1n) is 13.6. The van der Waals surface area contributed by atoms with Crippen LogP contribution in [0.3, 0.4) is 0 Å². The fourth-order valence-electron chi connectivity index (χ4n) is 4.04. The average Bonchev–Trinajstić information content (AvgIpc) is 2.92. The Labute approximate surface area is 246 Å². The summed E-state index contributed by atoms with van der Waals surface area (Å²) in [5.41, 5.74) is 0.711. The minimum atomic E-state index is -1.25. The third-order valence-corrected chi connectivity index (χ3v) is 5.88. The van der Waals surface area contributed by atoms with Crippen LogP contribution in [-0.4, -0.2) is 76.9 Å². The fourth-order valence-corrected chi connectivity index (χ4v) is 4.04. The van der Waals surface area contributed by atoms with Crippen LogP contribution in [0.2, 0.25) is 0 Å². The van der Waals surface area contributed by atoms with Gasteiger partial charge in [-0.3, -0.25) is 14.4 Å². The Morgan fingerprint density at radius 1 is 1.05 bits per heavy atom. The first-order chi connectivity index (χ1) is 19.9. The molecule has 0 aliphatic rings. The molecule has 2 aromatic carbocycles. The second-order valence-corrected chi connectivity index (χ2v) is 10.3. The Morgan fingerprint density at radius 2 is 1.69 bits per heavy atom. The van der Waals surface area contributed by atoms with Crippen LogP contribution in [-0.2, 0) is 30.3 Å². The minimum absolute atomic E-state index is 0.00643. The number of carbonyl (C=O) groups is 4.